The molecule has 0 spiro atoms. The van der Waals surface area contributed by atoms with Crippen molar-refractivity contribution >= 4 is 46.9 Å². The lowest BCUT2D eigenvalue weighted by atomic mass is 10.2. The van der Waals surface area contributed by atoms with E-state index in [9.17, 15) is 4.79 Å². The molecule has 35 heavy (non-hydrogen) atoms. The molecule has 0 aliphatic carbocycles. The fourth-order valence-electron chi connectivity index (χ4n) is 3.43. The van der Waals surface area contributed by atoms with Crippen molar-refractivity contribution in [2.45, 2.75) is 9.79 Å². The summed E-state index contributed by atoms with van der Waals surface area (Å²) in [4.78, 5) is 23.0. The molecule has 1 amide bonds. The van der Waals surface area contributed by atoms with Crippen LogP contribution in [0.1, 0.15) is 27.6 Å². The molecule has 0 radical (unpaired) electrons. The van der Waals surface area contributed by atoms with Gasteiger partial charge in [-0.2, -0.15) is 10.2 Å². The third-order valence-electron chi connectivity index (χ3n) is 5.23. The van der Waals surface area contributed by atoms with Crippen LogP contribution >= 0.6 is 11.8 Å². The minimum Gasteiger partial charge on any atom is -0.333 e. The van der Waals surface area contributed by atoms with Crippen LogP contribution in [0, 0.1) is 0 Å². The average molecular weight is 480 g/mol. The predicted molar refractivity (Wildman–Crippen MR) is 138 cm³/mol. The van der Waals surface area contributed by atoms with Crippen LogP contribution in [0.5, 0.6) is 0 Å². The Labute approximate surface area is 205 Å². The second-order valence-corrected chi connectivity index (χ2v) is 8.71. The van der Waals surface area contributed by atoms with Crippen LogP contribution in [0.4, 0.5) is 0 Å². The van der Waals surface area contributed by atoms with Gasteiger partial charge in [-0.1, -0.05) is 30.0 Å². The minimum atomic E-state index is -0.289. The summed E-state index contributed by atoms with van der Waals surface area (Å²) in [6.07, 6.45) is 10.6. The number of aryl methyl sites for hydroxylation is 1. The molecule has 0 atom stereocenters. The number of aromatic amines is 1. The van der Waals surface area contributed by atoms with E-state index in [-0.39, 0.29) is 5.91 Å². The Hall–Kier alpha value is -4.50. The maximum atomic E-state index is 12.8. The third kappa shape index (κ3) is 5.20. The standard InChI is InChI=1S/C26H21N7OS/c1-33-15-14-28-25(33)17-29-32-26(34)21-7-2-3-8-24(21)35-19-10-11-20-22(30-31-23(20)16-19)12-9-18-6-4-5-13-27-18/h2-17H,1H3,(H,30,31)(H,32,34)/b12-9+,29-17+. The Morgan fingerprint density at radius 3 is 2.77 bits per heavy atom. The van der Waals surface area contributed by atoms with Crippen LogP contribution in [-0.4, -0.2) is 36.9 Å². The van der Waals surface area contributed by atoms with Crippen LogP contribution in [0.25, 0.3) is 23.1 Å². The lowest BCUT2D eigenvalue weighted by Crippen LogP contribution is -2.18. The topological polar surface area (TPSA) is 101 Å². The first kappa shape index (κ1) is 22.3. The largest absolute Gasteiger partial charge is 0.333 e. The quantitative estimate of drug-likeness (QED) is 0.259. The van der Waals surface area contributed by atoms with Crippen LogP contribution in [0.2, 0.25) is 0 Å². The third-order valence-corrected chi connectivity index (χ3v) is 6.29. The van der Waals surface area contributed by atoms with Crippen molar-refractivity contribution in [2.75, 3.05) is 0 Å². The highest BCUT2D eigenvalue weighted by Crippen LogP contribution is 2.32. The molecule has 0 unspecified atom stereocenters. The van der Waals surface area contributed by atoms with E-state index in [2.05, 4.69) is 30.7 Å². The van der Waals surface area contributed by atoms with Gasteiger partial charge in [0.1, 0.15) is 0 Å². The number of carbonyl (C=O) groups excluding carboxylic acids is 1. The van der Waals surface area contributed by atoms with Gasteiger partial charge in [0.25, 0.3) is 5.91 Å². The van der Waals surface area contributed by atoms with E-state index < -0.39 is 0 Å². The Kier molecular flexibility index (Phi) is 6.49. The van der Waals surface area contributed by atoms with Gasteiger partial charge >= 0.3 is 0 Å². The SMILES string of the molecule is Cn1ccnc1/C=N/NC(=O)c1ccccc1Sc1ccc2c(/C=C/c3ccccn3)n[nH]c2c1. The van der Waals surface area contributed by atoms with Crippen LogP contribution in [-0.2, 0) is 7.05 Å². The summed E-state index contributed by atoms with van der Waals surface area (Å²) in [5, 5.41) is 12.6. The summed E-state index contributed by atoms with van der Waals surface area (Å²) in [6, 6.07) is 19.3. The molecule has 3 heterocycles. The van der Waals surface area contributed by atoms with Crippen molar-refractivity contribution in [1.82, 2.24) is 30.2 Å². The van der Waals surface area contributed by atoms with Crippen molar-refractivity contribution in [3.63, 3.8) is 0 Å². The second-order valence-electron chi connectivity index (χ2n) is 7.60. The number of pyridine rings is 1. The molecular formula is C26H21N7OS. The number of hydrazone groups is 1. The molecule has 9 heteroatoms. The van der Waals surface area contributed by atoms with E-state index >= 15 is 0 Å². The zero-order valence-corrected chi connectivity index (χ0v) is 19.6. The molecule has 172 valence electrons. The summed E-state index contributed by atoms with van der Waals surface area (Å²) in [7, 11) is 1.86. The van der Waals surface area contributed by atoms with E-state index in [1.807, 2.05) is 84.6 Å². The average Bonchev–Trinajstić information content (AvgIpc) is 3.49. The van der Waals surface area contributed by atoms with E-state index in [0.717, 1.165) is 32.1 Å². The molecule has 0 aliphatic rings. The van der Waals surface area contributed by atoms with Gasteiger partial charge in [-0.3, -0.25) is 14.9 Å². The number of carbonyl (C=O) groups is 1. The lowest BCUT2D eigenvalue weighted by molar-refractivity contribution is 0.0952. The summed E-state index contributed by atoms with van der Waals surface area (Å²) < 4.78 is 1.81. The van der Waals surface area contributed by atoms with Gasteiger partial charge in [-0.05, 0) is 54.6 Å². The highest BCUT2D eigenvalue weighted by atomic mass is 32.2. The maximum absolute atomic E-state index is 12.8. The zero-order valence-electron chi connectivity index (χ0n) is 18.8. The van der Waals surface area contributed by atoms with Crippen molar-refractivity contribution in [3.8, 4) is 0 Å². The van der Waals surface area contributed by atoms with Gasteiger partial charge in [0.2, 0.25) is 0 Å². The molecular weight excluding hydrogens is 458 g/mol. The molecule has 8 nitrogen and oxygen atoms in total. The molecule has 3 aromatic heterocycles. The van der Waals surface area contributed by atoms with E-state index in [1.165, 1.54) is 18.0 Å². The number of H-pyrrole nitrogens is 1. The molecule has 2 N–H and O–H groups in total. The summed E-state index contributed by atoms with van der Waals surface area (Å²) in [5.41, 5.74) is 5.75. The molecule has 5 rings (SSSR count). The van der Waals surface area contributed by atoms with Gasteiger partial charge in [0.15, 0.2) is 5.82 Å². The molecule has 2 aromatic carbocycles. The monoisotopic (exact) mass is 479 g/mol. The number of nitrogens with zero attached hydrogens (tertiary/aromatic N) is 5. The molecule has 0 saturated heterocycles. The number of hydrogen-bond donors (Lipinski definition) is 2. The first-order valence-corrected chi connectivity index (χ1v) is 11.6. The van der Waals surface area contributed by atoms with Crippen molar-refractivity contribution in [1.29, 1.82) is 0 Å². The first-order chi connectivity index (χ1) is 17.2. The molecule has 0 bridgehead atoms. The smallest absolute Gasteiger partial charge is 0.272 e. The molecule has 5 aromatic rings. The predicted octanol–water partition coefficient (Wildman–Crippen LogP) is 4.78. The molecule has 0 aliphatic heterocycles. The fraction of sp³-hybridized carbons (Fsp3) is 0.0385. The Morgan fingerprint density at radius 1 is 1.06 bits per heavy atom. The second kappa shape index (κ2) is 10.2. The Bertz CT molecular complexity index is 1540. The summed E-state index contributed by atoms with van der Waals surface area (Å²) >= 11 is 1.51. The van der Waals surface area contributed by atoms with Gasteiger partial charge in [0.05, 0.1) is 28.7 Å². The summed E-state index contributed by atoms with van der Waals surface area (Å²) in [6.45, 7) is 0. The minimum absolute atomic E-state index is 0.289. The van der Waals surface area contributed by atoms with Crippen molar-refractivity contribution < 1.29 is 4.79 Å². The number of hydrogen-bond acceptors (Lipinski definition) is 6. The number of amides is 1. The number of imidazole rings is 1. The Balaban J connectivity index is 1.32. The normalized spacial score (nSPS) is 11.6. The van der Waals surface area contributed by atoms with E-state index in [1.54, 1.807) is 18.5 Å². The van der Waals surface area contributed by atoms with E-state index in [4.69, 9.17) is 0 Å². The Morgan fingerprint density at radius 2 is 1.94 bits per heavy atom. The number of nitrogens with one attached hydrogen (secondary N) is 2. The van der Waals surface area contributed by atoms with Gasteiger partial charge in [-0.25, -0.2) is 10.4 Å². The van der Waals surface area contributed by atoms with E-state index in [0.29, 0.717) is 11.4 Å². The maximum Gasteiger partial charge on any atom is 0.272 e. The summed E-state index contributed by atoms with van der Waals surface area (Å²) in [5.74, 6) is 0.359. The molecule has 0 saturated carbocycles. The fourth-order valence-corrected chi connectivity index (χ4v) is 4.41. The molecule has 0 fully saturated rings. The highest BCUT2D eigenvalue weighted by molar-refractivity contribution is 7.99. The number of fused-ring (bicyclic) bond motifs is 1. The number of rotatable bonds is 7. The van der Waals surface area contributed by atoms with Gasteiger partial charge in [-0.15, -0.1) is 0 Å². The first-order valence-electron chi connectivity index (χ1n) is 10.8. The zero-order chi connectivity index (χ0) is 24.0. The van der Waals surface area contributed by atoms with Crippen LogP contribution in [0.15, 0.2) is 94.1 Å². The highest BCUT2D eigenvalue weighted by Gasteiger charge is 2.12. The van der Waals surface area contributed by atoms with Crippen LogP contribution < -0.4 is 5.43 Å². The van der Waals surface area contributed by atoms with Crippen molar-refractivity contribution in [2.24, 2.45) is 12.1 Å². The number of aromatic nitrogens is 5. The lowest BCUT2D eigenvalue weighted by Gasteiger charge is -2.08. The van der Waals surface area contributed by atoms with Gasteiger partial charge < -0.3 is 4.57 Å². The van der Waals surface area contributed by atoms with Gasteiger partial charge in [0, 0.05) is 40.8 Å². The van der Waals surface area contributed by atoms with Crippen LogP contribution in [0.3, 0.4) is 0 Å². The van der Waals surface area contributed by atoms with Crippen molar-refractivity contribution in [3.05, 3.63) is 102 Å². The number of benzene rings is 2.